The van der Waals surface area contributed by atoms with Gasteiger partial charge in [-0.25, -0.2) is 0 Å². The number of ether oxygens (including phenoxy) is 2. The Labute approximate surface area is 118 Å². The minimum Gasteiger partial charge on any atom is -0.493 e. The summed E-state index contributed by atoms with van der Waals surface area (Å²) in [5.41, 5.74) is 0.450. The van der Waals surface area contributed by atoms with E-state index >= 15 is 0 Å². The van der Waals surface area contributed by atoms with Crippen LogP contribution in [-0.4, -0.2) is 31.3 Å². The Morgan fingerprint density at radius 3 is 2.37 bits per heavy atom. The Morgan fingerprint density at radius 2 is 1.84 bits per heavy atom. The first-order valence-electron chi connectivity index (χ1n) is 5.81. The van der Waals surface area contributed by atoms with Gasteiger partial charge in [-0.2, -0.15) is 0 Å². The SMILES string of the molecule is COc1ccc(C(=O)NC(=S)NC(C)C)cc1OC. The van der Waals surface area contributed by atoms with Crippen molar-refractivity contribution in [2.24, 2.45) is 0 Å². The van der Waals surface area contributed by atoms with Gasteiger partial charge in [-0.15, -0.1) is 0 Å². The van der Waals surface area contributed by atoms with Crippen LogP contribution in [-0.2, 0) is 0 Å². The second-order valence-corrected chi connectivity index (χ2v) is 4.56. The molecule has 0 bridgehead atoms. The van der Waals surface area contributed by atoms with Crippen LogP contribution in [0.25, 0.3) is 0 Å². The molecule has 0 aromatic heterocycles. The zero-order valence-electron chi connectivity index (χ0n) is 11.4. The van der Waals surface area contributed by atoms with E-state index in [-0.39, 0.29) is 11.9 Å². The Balaban J connectivity index is 2.80. The molecule has 0 heterocycles. The smallest absolute Gasteiger partial charge is 0.257 e. The highest BCUT2D eigenvalue weighted by atomic mass is 32.1. The van der Waals surface area contributed by atoms with Crippen LogP contribution in [0.4, 0.5) is 0 Å². The topological polar surface area (TPSA) is 59.6 Å². The molecule has 0 radical (unpaired) electrons. The molecule has 1 aromatic carbocycles. The number of hydrogen-bond donors (Lipinski definition) is 2. The fourth-order valence-electron chi connectivity index (χ4n) is 1.45. The van der Waals surface area contributed by atoms with Crippen molar-refractivity contribution < 1.29 is 14.3 Å². The van der Waals surface area contributed by atoms with Gasteiger partial charge in [0.05, 0.1) is 14.2 Å². The first kappa shape index (κ1) is 15.2. The molecule has 1 rings (SSSR count). The molecule has 0 fully saturated rings. The number of methoxy groups -OCH3 is 2. The molecule has 19 heavy (non-hydrogen) atoms. The van der Waals surface area contributed by atoms with Gasteiger partial charge in [0.25, 0.3) is 5.91 Å². The average Bonchev–Trinajstić information content (AvgIpc) is 2.36. The lowest BCUT2D eigenvalue weighted by Gasteiger charge is -2.13. The van der Waals surface area contributed by atoms with E-state index in [1.54, 1.807) is 25.3 Å². The van der Waals surface area contributed by atoms with E-state index in [1.165, 1.54) is 7.11 Å². The van der Waals surface area contributed by atoms with Crippen molar-refractivity contribution in [3.63, 3.8) is 0 Å². The molecule has 0 spiro atoms. The largest absolute Gasteiger partial charge is 0.493 e. The summed E-state index contributed by atoms with van der Waals surface area (Å²) in [5, 5.41) is 5.84. The molecule has 104 valence electrons. The van der Waals surface area contributed by atoms with E-state index in [0.717, 1.165) is 0 Å². The van der Waals surface area contributed by atoms with E-state index in [0.29, 0.717) is 22.2 Å². The van der Waals surface area contributed by atoms with Gasteiger partial charge >= 0.3 is 0 Å². The van der Waals surface area contributed by atoms with E-state index in [4.69, 9.17) is 21.7 Å². The molecule has 1 amide bonds. The standard InChI is InChI=1S/C13H18N2O3S/c1-8(2)14-13(19)15-12(16)9-5-6-10(17-3)11(7-9)18-4/h5-8H,1-4H3,(H2,14,15,16,19). The minimum atomic E-state index is -0.292. The molecule has 1 aromatic rings. The van der Waals surface area contributed by atoms with E-state index in [2.05, 4.69) is 10.6 Å². The van der Waals surface area contributed by atoms with Crippen molar-refractivity contribution in [3.05, 3.63) is 23.8 Å². The van der Waals surface area contributed by atoms with Crippen LogP contribution in [0.3, 0.4) is 0 Å². The lowest BCUT2D eigenvalue weighted by Crippen LogP contribution is -2.42. The highest BCUT2D eigenvalue weighted by molar-refractivity contribution is 7.80. The predicted octanol–water partition coefficient (Wildman–Crippen LogP) is 1.72. The molecule has 0 aliphatic rings. The summed E-state index contributed by atoms with van der Waals surface area (Å²) in [6, 6.07) is 5.09. The number of carbonyl (C=O) groups is 1. The Morgan fingerprint density at radius 1 is 1.21 bits per heavy atom. The van der Waals surface area contributed by atoms with Gasteiger partial charge in [-0.3, -0.25) is 10.1 Å². The fraction of sp³-hybridized carbons (Fsp3) is 0.385. The van der Waals surface area contributed by atoms with Crippen LogP contribution in [0.15, 0.2) is 18.2 Å². The minimum absolute atomic E-state index is 0.165. The molecular weight excluding hydrogens is 264 g/mol. The monoisotopic (exact) mass is 282 g/mol. The number of benzene rings is 1. The molecular formula is C13H18N2O3S. The van der Waals surface area contributed by atoms with Crippen LogP contribution >= 0.6 is 12.2 Å². The number of nitrogens with one attached hydrogen (secondary N) is 2. The maximum Gasteiger partial charge on any atom is 0.257 e. The normalized spacial score (nSPS) is 9.95. The fourth-order valence-corrected chi connectivity index (χ4v) is 1.78. The second-order valence-electron chi connectivity index (χ2n) is 4.15. The Bertz CT molecular complexity index is 475. The highest BCUT2D eigenvalue weighted by Gasteiger charge is 2.12. The van der Waals surface area contributed by atoms with Gasteiger partial charge in [0.15, 0.2) is 16.6 Å². The second kappa shape index (κ2) is 6.94. The van der Waals surface area contributed by atoms with E-state index in [1.807, 2.05) is 13.8 Å². The molecule has 2 N–H and O–H groups in total. The number of carbonyl (C=O) groups excluding carboxylic acids is 1. The van der Waals surface area contributed by atoms with Gasteiger partial charge in [0, 0.05) is 11.6 Å². The number of hydrogen-bond acceptors (Lipinski definition) is 4. The summed E-state index contributed by atoms with van der Waals surface area (Å²) in [7, 11) is 3.06. The van der Waals surface area contributed by atoms with E-state index < -0.39 is 0 Å². The summed E-state index contributed by atoms with van der Waals surface area (Å²) in [5.74, 6) is 0.777. The van der Waals surface area contributed by atoms with Crippen molar-refractivity contribution in [2.75, 3.05) is 14.2 Å². The summed E-state index contributed by atoms with van der Waals surface area (Å²) in [4.78, 5) is 12.0. The first-order valence-corrected chi connectivity index (χ1v) is 6.22. The zero-order valence-corrected chi connectivity index (χ0v) is 12.3. The quantitative estimate of drug-likeness (QED) is 0.823. The maximum atomic E-state index is 12.0. The van der Waals surface area contributed by atoms with Crippen molar-refractivity contribution in [3.8, 4) is 11.5 Å². The third kappa shape index (κ3) is 4.40. The number of rotatable bonds is 4. The van der Waals surface area contributed by atoms with Crippen molar-refractivity contribution >= 4 is 23.2 Å². The van der Waals surface area contributed by atoms with Gasteiger partial charge in [0.1, 0.15) is 0 Å². The van der Waals surface area contributed by atoms with Crippen molar-refractivity contribution in [1.82, 2.24) is 10.6 Å². The van der Waals surface area contributed by atoms with Gasteiger partial charge in [-0.1, -0.05) is 0 Å². The Hall–Kier alpha value is -1.82. The number of amides is 1. The van der Waals surface area contributed by atoms with Crippen molar-refractivity contribution in [1.29, 1.82) is 0 Å². The summed E-state index contributed by atoms with van der Waals surface area (Å²) >= 11 is 5.02. The summed E-state index contributed by atoms with van der Waals surface area (Å²) < 4.78 is 10.3. The van der Waals surface area contributed by atoms with Crippen LogP contribution < -0.4 is 20.1 Å². The molecule has 0 unspecified atom stereocenters. The number of thiocarbonyl (C=S) groups is 1. The Kier molecular flexibility index (Phi) is 5.57. The molecule has 0 aliphatic heterocycles. The van der Waals surface area contributed by atoms with Crippen LogP contribution in [0.1, 0.15) is 24.2 Å². The maximum absolute atomic E-state index is 12.0. The zero-order chi connectivity index (χ0) is 14.4. The summed E-state index contributed by atoms with van der Waals surface area (Å²) in [6.45, 7) is 3.88. The third-order valence-electron chi connectivity index (χ3n) is 2.29. The van der Waals surface area contributed by atoms with Crippen LogP contribution in [0.5, 0.6) is 11.5 Å². The van der Waals surface area contributed by atoms with Crippen molar-refractivity contribution in [2.45, 2.75) is 19.9 Å². The van der Waals surface area contributed by atoms with Crippen LogP contribution in [0.2, 0.25) is 0 Å². The molecule has 5 nitrogen and oxygen atoms in total. The third-order valence-corrected chi connectivity index (χ3v) is 2.51. The first-order chi connectivity index (χ1) is 8.97. The lowest BCUT2D eigenvalue weighted by atomic mass is 10.2. The van der Waals surface area contributed by atoms with Crippen LogP contribution in [0, 0.1) is 0 Å². The molecule has 0 aliphatic carbocycles. The highest BCUT2D eigenvalue weighted by Crippen LogP contribution is 2.27. The van der Waals surface area contributed by atoms with Gasteiger partial charge in [-0.05, 0) is 44.3 Å². The lowest BCUT2D eigenvalue weighted by molar-refractivity contribution is 0.0976. The average molecular weight is 282 g/mol. The molecule has 6 heteroatoms. The predicted molar refractivity (Wildman–Crippen MR) is 77.9 cm³/mol. The van der Waals surface area contributed by atoms with Gasteiger partial charge < -0.3 is 14.8 Å². The molecule has 0 saturated heterocycles. The molecule has 0 atom stereocenters. The van der Waals surface area contributed by atoms with Gasteiger partial charge in [0.2, 0.25) is 0 Å². The summed E-state index contributed by atoms with van der Waals surface area (Å²) in [6.07, 6.45) is 0. The van der Waals surface area contributed by atoms with E-state index in [9.17, 15) is 4.79 Å². The molecule has 0 saturated carbocycles.